The monoisotopic (exact) mass is 119 g/mol. The maximum absolute atomic E-state index is 6.51. The minimum atomic E-state index is 0.584. The zero-order valence-corrected chi connectivity index (χ0v) is 5.22. The highest BCUT2D eigenvalue weighted by Crippen LogP contribution is 2.09. The normalized spacial score (nSPS) is 9.11. The fourth-order valence-corrected chi connectivity index (χ4v) is 0.606. The number of hydrogen-bond acceptors (Lipinski definition) is 1. The van der Waals surface area contributed by atoms with Crippen molar-refractivity contribution < 1.29 is 4.74 Å². The van der Waals surface area contributed by atoms with E-state index in [9.17, 15) is 0 Å². The molecule has 1 rings (SSSR count). The van der Waals surface area contributed by atoms with Crippen molar-refractivity contribution >= 4 is 0 Å². The van der Waals surface area contributed by atoms with Crippen LogP contribution < -0.4 is 4.74 Å². The first kappa shape index (κ1) is 6.14. The van der Waals surface area contributed by atoms with E-state index in [2.05, 4.69) is 4.74 Å². The van der Waals surface area contributed by atoms with E-state index in [4.69, 9.17) is 7.11 Å². The minimum absolute atomic E-state index is 0.584. The highest BCUT2D eigenvalue weighted by molar-refractivity contribution is 5.26. The van der Waals surface area contributed by atoms with Gasteiger partial charge in [0.2, 0.25) is 0 Å². The van der Waals surface area contributed by atoms with Crippen LogP contribution in [0.4, 0.5) is 0 Å². The van der Waals surface area contributed by atoms with Gasteiger partial charge < -0.3 is 4.74 Å². The second-order valence-corrected chi connectivity index (χ2v) is 1.92. The van der Waals surface area contributed by atoms with Crippen molar-refractivity contribution in [1.29, 1.82) is 0 Å². The van der Waals surface area contributed by atoms with Crippen molar-refractivity contribution in [3.8, 4) is 5.75 Å². The minimum Gasteiger partial charge on any atom is -0.473 e. The topological polar surface area (TPSA) is 9.23 Å². The summed E-state index contributed by atoms with van der Waals surface area (Å²) in [5.41, 5.74) is 1.18. The number of ether oxygens (including phenoxy) is 1. The quantitative estimate of drug-likeness (QED) is 0.548. The number of hydrogen-bond donors (Lipinski definition) is 0. The molecule has 0 spiro atoms. The Balaban J connectivity index is 2.88. The molecule has 0 fully saturated rings. The van der Waals surface area contributed by atoms with E-state index in [1.165, 1.54) is 5.56 Å². The summed E-state index contributed by atoms with van der Waals surface area (Å²) in [4.78, 5) is 0. The van der Waals surface area contributed by atoms with Gasteiger partial charge in [0.15, 0.2) is 0 Å². The molecule has 45 valence electrons. The van der Waals surface area contributed by atoms with Gasteiger partial charge in [-0.2, -0.15) is 0 Å². The van der Waals surface area contributed by atoms with Gasteiger partial charge in [-0.05, 0) is 19.1 Å². The Morgan fingerprint density at radius 1 is 1.22 bits per heavy atom. The molecule has 1 aromatic carbocycles. The molecule has 0 atom stereocenters. The summed E-state index contributed by atoms with van der Waals surface area (Å²) in [6.45, 7) is 1.99. The smallest absolute Gasteiger partial charge is 0.253 e. The van der Waals surface area contributed by atoms with Crippen LogP contribution in [0.15, 0.2) is 24.3 Å². The van der Waals surface area contributed by atoms with Crippen molar-refractivity contribution in [2.24, 2.45) is 0 Å². The zero-order chi connectivity index (χ0) is 6.69. The van der Waals surface area contributed by atoms with Crippen LogP contribution in [0, 0.1) is 14.0 Å². The van der Waals surface area contributed by atoms with Crippen molar-refractivity contribution in [2.45, 2.75) is 6.92 Å². The average molecular weight is 119 g/mol. The molecule has 0 aliphatic heterocycles. The van der Waals surface area contributed by atoms with Gasteiger partial charge in [0.05, 0.1) is 0 Å². The lowest BCUT2D eigenvalue weighted by atomic mass is 10.2. The van der Waals surface area contributed by atoms with Gasteiger partial charge >= 0.3 is 0 Å². The van der Waals surface area contributed by atoms with E-state index in [-0.39, 0.29) is 0 Å². The van der Waals surface area contributed by atoms with Crippen LogP contribution >= 0.6 is 0 Å². The third-order valence-electron chi connectivity index (χ3n) is 1.14. The molecule has 0 heterocycles. The predicted octanol–water partition coefficient (Wildman–Crippen LogP) is 1.92. The molecular weight excluding hydrogens is 112 g/mol. The van der Waals surface area contributed by atoms with Crippen molar-refractivity contribution in [1.82, 2.24) is 0 Å². The summed E-state index contributed by atoms with van der Waals surface area (Å²) in [5.74, 6) is 0.584. The Morgan fingerprint density at radius 3 is 2.22 bits per heavy atom. The Morgan fingerprint density at radius 2 is 1.78 bits per heavy atom. The van der Waals surface area contributed by atoms with E-state index in [1.807, 2.05) is 19.1 Å². The van der Waals surface area contributed by atoms with Crippen molar-refractivity contribution in [3.05, 3.63) is 36.9 Å². The molecule has 0 unspecified atom stereocenters. The Labute approximate surface area is 55.3 Å². The van der Waals surface area contributed by atoms with Gasteiger partial charge in [-0.15, -0.1) is 0 Å². The lowest BCUT2D eigenvalue weighted by Crippen LogP contribution is -1.77. The highest BCUT2D eigenvalue weighted by Gasteiger charge is 1.86. The second kappa shape index (κ2) is 2.53. The maximum atomic E-state index is 6.51. The lowest BCUT2D eigenvalue weighted by molar-refractivity contribution is 0.473. The number of aryl methyl sites for hydroxylation is 1. The molecule has 0 bridgehead atoms. The van der Waals surface area contributed by atoms with Gasteiger partial charge in [0.1, 0.15) is 5.75 Å². The summed E-state index contributed by atoms with van der Waals surface area (Å²) in [5, 5.41) is 0. The molecular formula is C8H7O. The van der Waals surface area contributed by atoms with Crippen molar-refractivity contribution in [2.75, 3.05) is 0 Å². The first-order valence-electron chi connectivity index (χ1n) is 2.73. The first-order valence-corrected chi connectivity index (χ1v) is 2.73. The van der Waals surface area contributed by atoms with Crippen LogP contribution in [-0.4, -0.2) is 0 Å². The van der Waals surface area contributed by atoms with E-state index < -0.39 is 0 Å². The Hall–Kier alpha value is -0.980. The molecule has 0 saturated heterocycles. The van der Waals surface area contributed by atoms with Crippen molar-refractivity contribution in [3.63, 3.8) is 0 Å². The van der Waals surface area contributed by atoms with Gasteiger partial charge in [-0.3, -0.25) is 0 Å². The van der Waals surface area contributed by atoms with Crippen LogP contribution in [0.2, 0.25) is 0 Å². The molecule has 0 amide bonds. The lowest BCUT2D eigenvalue weighted by Gasteiger charge is -1.95. The standard InChI is InChI=1S/C8H7O/c1-7-3-5-8(9-2)6-4-7/h3-6H,1H3. The summed E-state index contributed by atoms with van der Waals surface area (Å²) in [7, 11) is 6.51. The fraction of sp³-hybridized carbons (Fsp3) is 0.125. The molecule has 0 aliphatic rings. The molecule has 0 saturated carbocycles. The number of rotatable bonds is 1. The largest absolute Gasteiger partial charge is 0.473 e. The average Bonchev–Trinajstić information content (AvgIpc) is 1.90. The molecule has 0 aliphatic carbocycles. The first-order chi connectivity index (χ1) is 4.33. The molecule has 0 aromatic heterocycles. The van der Waals surface area contributed by atoms with Gasteiger partial charge in [0, 0.05) is 0 Å². The summed E-state index contributed by atoms with van der Waals surface area (Å²) in [6.07, 6.45) is 0. The third-order valence-corrected chi connectivity index (χ3v) is 1.14. The van der Waals surface area contributed by atoms with Crippen LogP contribution in [-0.2, 0) is 0 Å². The van der Waals surface area contributed by atoms with E-state index in [0.717, 1.165) is 0 Å². The predicted molar refractivity (Wildman–Crippen MR) is 35.0 cm³/mol. The molecule has 0 N–H and O–H groups in total. The van der Waals surface area contributed by atoms with Gasteiger partial charge in [-0.1, -0.05) is 17.7 Å². The molecule has 1 nitrogen and oxygen atoms in total. The molecule has 3 radical (unpaired) electrons. The fourth-order valence-electron chi connectivity index (χ4n) is 0.606. The zero-order valence-electron chi connectivity index (χ0n) is 5.22. The molecule has 1 aromatic rings. The third kappa shape index (κ3) is 1.46. The van der Waals surface area contributed by atoms with E-state index in [0.29, 0.717) is 5.75 Å². The summed E-state index contributed by atoms with van der Waals surface area (Å²) < 4.78 is 4.22. The number of benzene rings is 1. The van der Waals surface area contributed by atoms with Crippen LogP contribution in [0.5, 0.6) is 5.75 Å². The van der Waals surface area contributed by atoms with Gasteiger partial charge in [0.25, 0.3) is 7.11 Å². The highest BCUT2D eigenvalue weighted by atomic mass is 16.5. The van der Waals surface area contributed by atoms with E-state index in [1.54, 1.807) is 12.1 Å². The summed E-state index contributed by atoms with van der Waals surface area (Å²) in [6, 6.07) is 7.35. The second-order valence-electron chi connectivity index (χ2n) is 1.92. The SMILES string of the molecule is [C]Oc1ccc(C)cc1. The molecule has 9 heavy (non-hydrogen) atoms. The van der Waals surface area contributed by atoms with E-state index >= 15 is 0 Å². The van der Waals surface area contributed by atoms with Crippen LogP contribution in [0.3, 0.4) is 0 Å². The Kier molecular flexibility index (Phi) is 1.73. The maximum Gasteiger partial charge on any atom is 0.253 e. The van der Waals surface area contributed by atoms with Crippen LogP contribution in [0.1, 0.15) is 5.56 Å². The summed E-state index contributed by atoms with van der Waals surface area (Å²) >= 11 is 0. The Bertz CT molecular complexity index is 176. The van der Waals surface area contributed by atoms with Crippen LogP contribution in [0.25, 0.3) is 0 Å². The van der Waals surface area contributed by atoms with Gasteiger partial charge in [-0.25, -0.2) is 0 Å². The molecule has 1 heteroatoms.